The lowest BCUT2D eigenvalue weighted by Crippen LogP contribution is -2.28. The van der Waals surface area contributed by atoms with Gasteiger partial charge in [0, 0.05) is 4.92 Å². The van der Waals surface area contributed by atoms with E-state index < -0.39 is 39.1 Å². The molecule has 9 heteroatoms. The number of nitro groups is 1. The van der Waals surface area contributed by atoms with Gasteiger partial charge in [0.05, 0.1) is 23.8 Å². The molecule has 0 spiro atoms. The van der Waals surface area contributed by atoms with Gasteiger partial charge in [-0.25, -0.2) is 4.39 Å². The highest BCUT2D eigenvalue weighted by molar-refractivity contribution is 7.90. The smallest absolute Gasteiger partial charge is 0.285 e. The molecule has 0 saturated heterocycles. The highest BCUT2D eigenvalue weighted by atomic mass is 32.2. The highest BCUT2D eigenvalue weighted by Gasteiger charge is 2.35. The summed E-state index contributed by atoms with van der Waals surface area (Å²) in [6, 6.07) is 20.2. The first-order valence-corrected chi connectivity index (χ1v) is 11.5. The minimum absolute atomic E-state index is 0.0259. The molecule has 0 amide bonds. The van der Waals surface area contributed by atoms with E-state index in [9.17, 15) is 22.9 Å². The Kier molecular flexibility index (Phi) is 7.55. The maximum atomic E-state index is 13.5. The van der Waals surface area contributed by atoms with Crippen LogP contribution in [0.15, 0.2) is 88.2 Å². The van der Waals surface area contributed by atoms with E-state index in [1.165, 1.54) is 43.5 Å². The van der Waals surface area contributed by atoms with E-state index in [4.69, 9.17) is 4.74 Å². The van der Waals surface area contributed by atoms with Crippen molar-refractivity contribution in [1.29, 1.82) is 0 Å². The zero-order valence-electron chi connectivity index (χ0n) is 18.1. The van der Waals surface area contributed by atoms with Crippen molar-refractivity contribution in [2.24, 2.45) is 4.40 Å². The first kappa shape index (κ1) is 24.1. The minimum Gasteiger partial charge on any atom is -0.483 e. The molecule has 0 N–H and O–H groups in total. The number of halogens is 1. The Morgan fingerprint density at radius 2 is 1.61 bits per heavy atom. The molecular formula is C24H23FN2O5S. The Morgan fingerprint density at radius 1 is 1.00 bits per heavy atom. The largest absolute Gasteiger partial charge is 0.483 e. The molecule has 7 nitrogen and oxygen atoms in total. The zero-order chi connectivity index (χ0) is 24.0. The van der Waals surface area contributed by atoms with Gasteiger partial charge < -0.3 is 4.74 Å². The van der Waals surface area contributed by atoms with Gasteiger partial charge in [-0.05, 0) is 42.3 Å². The van der Waals surface area contributed by atoms with Crippen LogP contribution in [0.3, 0.4) is 0 Å². The van der Waals surface area contributed by atoms with Crippen LogP contribution in [0.1, 0.15) is 28.5 Å². The Labute approximate surface area is 191 Å². The average Bonchev–Trinajstić information content (AvgIpc) is 2.79. The fraction of sp³-hybridized carbons (Fsp3) is 0.208. The van der Waals surface area contributed by atoms with E-state index in [1.807, 2.05) is 6.92 Å². The second-order valence-electron chi connectivity index (χ2n) is 7.48. The number of hydrogen-bond donors (Lipinski definition) is 0. The molecule has 3 rings (SSSR count). The molecule has 0 bridgehead atoms. The van der Waals surface area contributed by atoms with Gasteiger partial charge in [-0.15, -0.1) is 4.40 Å². The summed E-state index contributed by atoms with van der Waals surface area (Å²) in [5.41, 5.74) is 1.92. The van der Waals surface area contributed by atoms with Crippen molar-refractivity contribution in [2.75, 3.05) is 13.7 Å². The number of rotatable bonds is 8. The Balaban J connectivity index is 2.19. The van der Waals surface area contributed by atoms with Crippen molar-refractivity contribution in [3.63, 3.8) is 0 Å². The Hall–Kier alpha value is -3.59. The van der Waals surface area contributed by atoms with E-state index in [2.05, 4.69) is 4.40 Å². The topological polar surface area (TPSA) is 98.9 Å². The van der Waals surface area contributed by atoms with E-state index in [1.54, 1.807) is 42.5 Å². The number of hydrogen-bond acceptors (Lipinski definition) is 5. The minimum atomic E-state index is -4.16. The summed E-state index contributed by atoms with van der Waals surface area (Å²) in [5, 5.41) is 11.6. The third-order valence-electron chi connectivity index (χ3n) is 5.21. The van der Waals surface area contributed by atoms with Crippen LogP contribution in [0.25, 0.3) is 0 Å². The molecule has 172 valence electrons. The van der Waals surface area contributed by atoms with Crippen LogP contribution in [0, 0.1) is 22.9 Å². The van der Waals surface area contributed by atoms with Crippen molar-refractivity contribution in [1.82, 2.24) is 0 Å². The predicted octanol–water partition coefficient (Wildman–Crippen LogP) is 4.71. The number of methoxy groups -OCH3 is 1. The molecule has 2 atom stereocenters. The van der Waals surface area contributed by atoms with E-state index in [0.717, 1.165) is 5.56 Å². The second kappa shape index (κ2) is 10.4. The summed E-state index contributed by atoms with van der Waals surface area (Å²) < 4.78 is 49.0. The van der Waals surface area contributed by atoms with Crippen LogP contribution in [0.2, 0.25) is 0 Å². The summed E-state index contributed by atoms with van der Waals surface area (Å²) in [6.07, 6.45) is 0. The van der Waals surface area contributed by atoms with Crippen LogP contribution < -0.4 is 0 Å². The Bertz CT molecular complexity index is 1230. The van der Waals surface area contributed by atoms with Gasteiger partial charge in [0.1, 0.15) is 5.82 Å². The third kappa shape index (κ3) is 6.01. The van der Waals surface area contributed by atoms with Gasteiger partial charge in [0.15, 0.2) is 0 Å². The molecule has 0 aromatic heterocycles. The monoisotopic (exact) mass is 470 g/mol. The molecule has 2 unspecified atom stereocenters. The zero-order valence-corrected chi connectivity index (χ0v) is 18.9. The molecule has 0 heterocycles. The number of sulfonamides is 1. The van der Waals surface area contributed by atoms with Crippen molar-refractivity contribution in [3.05, 3.63) is 111 Å². The summed E-state index contributed by atoms with van der Waals surface area (Å²) in [6.45, 7) is 1.29. The first-order chi connectivity index (χ1) is 15.7. The highest BCUT2D eigenvalue weighted by Crippen LogP contribution is 2.36. The summed E-state index contributed by atoms with van der Waals surface area (Å²) >= 11 is 0. The van der Waals surface area contributed by atoms with Crippen LogP contribution in [0.5, 0.6) is 0 Å². The lowest BCUT2D eigenvalue weighted by Gasteiger charge is -2.25. The number of nitrogens with zero attached hydrogens (tertiary/aromatic N) is 2. The maximum Gasteiger partial charge on any atom is 0.285 e. The quantitative estimate of drug-likeness (QED) is 0.205. The fourth-order valence-electron chi connectivity index (χ4n) is 3.58. The van der Waals surface area contributed by atoms with Gasteiger partial charge in [-0.1, -0.05) is 60.2 Å². The summed E-state index contributed by atoms with van der Waals surface area (Å²) in [5.74, 6) is -2.46. The average molecular weight is 471 g/mol. The van der Waals surface area contributed by atoms with Crippen LogP contribution in [-0.2, 0) is 14.8 Å². The van der Waals surface area contributed by atoms with E-state index >= 15 is 0 Å². The van der Waals surface area contributed by atoms with Gasteiger partial charge in [-0.2, -0.15) is 8.42 Å². The van der Waals surface area contributed by atoms with Crippen LogP contribution >= 0.6 is 0 Å². The first-order valence-electron chi connectivity index (χ1n) is 10.1. The van der Waals surface area contributed by atoms with Crippen molar-refractivity contribution in [2.45, 2.75) is 23.7 Å². The molecule has 3 aromatic carbocycles. The normalized spacial score (nSPS) is 13.8. The molecule has 0 fully saturated rings. The molecular weight excluding hydrogens is 447 g/mol. The van der Waals surface area contributed by atoms with Gasteiger partial charge in [0.25, 0.3) is 10.0 Å². The van der Waals surface area contributed by atoms with Crippen LogP contribution in [-0.4, -0.2) is 32.9 Å². The van der Waals surface area contributed by atoms with Gasteiger partial charge >= 0.3 is 0 Å². The number of benzene rings is 3. The maximum absolute atomic E-state index is 13.5. The lowest BCUT2D eigenvalue weighted by atomic mass is 9.81. The molecule has 0 saturated carbocycles. The standard InChI is InChI=1S/C24H23FN2O5S/c1-17-8-14-21(15-9-17)33(30,31)26-24(32-2)23(19-6-4-3-5-7-19)22(16-27(28)29)18-10-12-20(25)13-11-18/h3-15,22-23H,16H2,1-2H3/b26-24-. The van der Waals surface area contributed by atoms with Crippen molar-refractivity contribution >= 4 is 15.9 Å². The molecule has 3 aromatic rings. The molecule has 33 heavy (non-hydrogen) atoms. The van der Waals surface area contributed by atoms with Crippen molar-refractivity contribution < 1.29 is 22.5 Å². The number of ether oxygens (including phenoxy) is 1. The predicted molar refractivity (Wildman–Crippen MR) is 123 cm³/mol. The SMILES string of the molecule is CO/C(=N\S(=O)(=O)c1ccc(C)cc1)C(c1ccccc1)C(C[N+](=O)[O-])c1ccc(F)cc1. The third-order valence-corrected chi connectivity index (χ3v) is 6.50. The molecule has 0 radical (unpaired) electrons. The van der Waals surface area contributed by atoms with Gasteiger partial charge in [0.2, 0.25) is 12.4 Å². The Morgan fingerprint density at radius 3 is 2.15 bits per heavy atom. The lowest BCUT2D eigenvalue weighted by molar-refractivity contribution is -0.483. The van der Waals surface area contributed by atoms with Crippen molar-refractivity contribution in [3.8, 4) is 0 Å². The molecule has 0 aliphatic rings. The summed E-state index contributed by atoms with van der Waals surface area (Å²) in [4.78, 5) is 11.0. The van der Waals surface area contributed by atoms with E-state index in [0.29, 0.717) is 11.1 Å². The fourth-order valence-corrected chi connectivity index (χ4v) is 4.59. The second-order valence-corrected chi connectivity index (χ2v) is 9.09. The van der Waals surface area contributed by atoms with Crippen LogP contribution in [0.4, 0.5) is 4.39 Å². The van der Waals surface area contributed by atoms with Gasteiger partial charge in [-0.3, -0.25) is 10.1 Å². The summed E-state index contributed by atoms with van der Waals surface area (Å²) in [7, 11) is -2.89. The number of aryl methyl sites for hydroxylation is 1. The molecule has 0 aliphatic heterocycles. The molecule has 0 aliphatic carbocycles. The van der Waals surface area contributed by atoms with E-state index in [-0.39, 0.29) is 10.8 Å².